The zero-order chi connectivity index (χ0) is 13.8. The van der Waals surface area contributed by atoms with E-state index in [4.69, 9.17) is 5.11 Å². The van der Waals surface area contributed by atoms with E-state index in [1.807, 2.05) is 30.3 Å². The summed E-state index contributed by atoms with van der Waals surface area (Å²) in [7, 11) is 0. The number of aryl methyl sites for hydroxylation is 1. The molecule has 2 aromatic rings. The van der Waals surface area contributed by atoms with Crippen molar-refractivity contribution in [3.8, 4) is 0 Å². The lowest BCUT2D eigenvalue weighted by molar-refractivity contribution is -0.136. The Kier molecular flexibility index (Phi) is 3.75. The van der Waals surface area contributed by atoms with E-state index in [0.29, 0.717) is 17.9 Å². The zero-order valence-electron chi connectivity index (χ0n) is 10.5. The first kappa shape index (κ1) is 13.0. The van der Waals surface area contributed by atoms with E-state index in [1.165, 1.54) is 0 Å². The molecule has 0 unspecified atom stereocenters. The minimum atomic E-state index is -1.04. The fraction of sp³-hybridized carbons (Fsp3) is 0.214. The third-order valence-electron chi connectivity index (χ3n) is 2.81. The molecule has 1 aromatic heterocycles. The van der Waals surface area contributed by atoms with E-state index in [0.717, 1.165) is 5.56 Å². The second-order valence-corrected chi connectivity index (χ2v) is 4.31. The molecule has 0 aliphatic heterocycles. The first-order chi connectivity index (χ1) is 9.06. The van der Waals surface area contributed by atoms with Gasteiger partial charge in [0.2, 0.25) is 0 Å². The van der Waals surface area contributed by atoms with Crippen LogP contribution in [0.5, 0.6) is 0 Å². The summed E-state index contributed by atoms with van der Waals surface area (Å²) in [5, 5.41) is 8.74. The van der Waals surface area contributed by atoms with Crippen LogP contribution in [-0.4, -0.2) is 21.0 Å². The van der Waals surface area contributed by atoms with Crippen LogP contribution in [0, 0.1) is 6.92 Å². The zero-order valence-corrected chi connectivity index (χ0v) is 10.5. The summed E-state index contributed by atoms with van der Waals surface area (Å²) in [6.07, 6.45) is 0.212. The van der Waals surface area contributed by atoms with Crippen LogP contribution >= 0.6 is 0 Å². The molecular formula is C14H14N2O3. The minimum Gasteiger partial charge on any atom is -0.481 e. The predicted molar refractivity (Wildman–Crippen MR) is 70.2 cm³/mol. The molecule has 1 aromatic carbocycles. The topological polar surface area (TPSA) is 83.0 Å². The summed E-state index contributed by atoms with van der Waals surface area (Å²) >= 11 is 0. The second-order valence-electron chi connectivity index (χ2n) is 4.31. The lowest BCUT2D eigenvalue weighted by Crippen LogP contribution is -2.21. The SMILES string of the molecule is Cc1nc(Cc2ccccc2)[nH]c(=O)c1CC(=O)O. The first-order valence-corrected chi connectivity index (χ1v) is 5.90. The molecule has 0 bridgehead atoms. The van der Waals surface area contributed by atoms with Gasteiger partial charge in [-0.15, -0.1) is 0 Å². The van der Waals surface area contributed by atoms with Gasteiger partial charge in [-0.2, -0.15) is 0 Å². The molecule has 0 radical (unpaired) electrons. The van der Waals surface area contributed by atoms with E-state index >= 15 is 0 Å². The van der Waals surface area contributed by atoms with Crippen LogP contribution in [0.3, 0.4) is 0 Å². The van der Waals surface area contributed by atoms with Gasteiger partial charge in [-0.25, -0.2) is 4.98 Å². The molecule has 0 spiro atoms. The van der Waals surface area contributed by atoms with Crippen LogP contribution in [0.25, 0.3) is 0 Å². The number of hydrogen-bond acceptors (Lipinski definition) is 3. The number of nitrogens with one attached hydrogen (secondary N) is 1. The maximum absolute atomic E-state index is 11.8. The van der Waals surface area contributed by atoms with Crippen molar-refractivity contribution in [3.05, 3.63) is 63.3 Å². The molecule has 2 N–H and O–H groups in total. The second kappa shape index (κ2) is 5.48. The molecule has 0 aliphatic rings. The molecule has 0 saturated carbocycles. The Hall–Kier alpha value is -2.43. The highest BCUT2D eigenvalue weighted by atomic mass is 16.4. The smallest absolute Gasteiger partial charge is 0.308 e. The number of benzene rings is 1. The van der Waals surface area contributed by atoms with Crippen molar-refractivity contribution in [2.45, 2.75) is 19.8 Å². The van der Waals surface area contributed by atoms with Gasteiger partial charge < -0.3 is 10.1 Å². The number of nitrogens with zero attached hydrogens (tertiary/aromatic N) is 1. The van der Waals surface area contributed by atoms with Gasteiger partial charge in [0.25, 0.3) is 5.56 Å². The number of hydrogen-bond donors (Lipinski definition) is 2. The van der Waals surface area contributed by atoms with Crippen molar-refractivity contribution in [1.29, 1.82) is 0 Å². The Morgan fingerprint density at radius 3 is 2.58 bits per heavy atom. The number of rotatable bonds is 4. The summed E-state index contributed by atoms with van der Waals surface area (Å²) in [5.41, 5.74) is 1.35. The number of aromatic nitrogens is 2. The highest BCUT2D eigenvalue weighted by Gasteiger charge is 2.11. The summed E-state index contributed by atoms with van der Waals surface area (Å²) in [4.78, 5) is 29.4. The third-order valence-corrected chi connectivity index (χ3v) is 2.81. The molecule has 0 amide bonds. The van der Waals surface area contributed by atoms with Gasteiger partial charge in [-0.05, 0) is 12.5 Å². The predicted octanol–water partition coefficient (Wildman–Crippen LogP) is 1.30. The molecule has 19 heavy (non-hydrogen) atoms. The number of carbonyl (C=O) groups is 1. The van der Waals surface area contributed by atoms with Crippen molar-refractivity contribution in [2.75, 3.05) is 0 Å². The van der Waals surface area contributed by atoms with Gasteiger partial charge in [0, 0.05) is 17.7 Å². The standard InChI is InChI=1S/C14H14N2O3/c1-9-11(8-13(17)18)14(19)16-12(15-9)7-10-5-3-2-4-6-10/h2-6H,7-8H2,1H3,(H,17,18)(H,15,16,19). The van der Waals surface area contributed by atoms with Crippen molar-refractivity contribution < 1.29 is 9.90 Å². The number of aliphatic carboxylic acids is 1. The van der Waals surface area contributed by atoms with E-state index < -0.39 is 5.97 Å². The fourth-order valence-electron chi connectivity index (χ4n) is 1.90. The van der Waals surface area contributed by atoms with Crippen LogP contribution < -0.4 is 5.56 Å². The Morgan fingerprint density at radius 2 is 2.00 bits per heavy atom. The summed E-state index contributed by atoms with van der Waals surface area (Å²) in [6, 6.07) is 9.64. The van der Waals surface area contributed by atoms with E-state index in [1.54, 1.807) is 6.92 Å². The quantitative estimate of drug-likeness (QED) is 0.865. The van der Waals surface area contributed by atoms with Gasteiger partial charge in [-0.1, -0.05) is 30.3 Å². The summed E-state index contributed by atoms with van der Waals surface area (Å²) in [6.45, 7) is 1.65. The van der Waals surface area contributed by atoms with Crippen LogP contribution in [0.4, 0.5) is 0 Å². The Labute approximate surface area is 110 Å². The Morgan fingerprint density at radius 1 is 1.32 bits per heavy atom. The molecule has 5 heteroatoms. The highest BCUT2D eigenvalue weighted by Crippen LogP contribution is 2.06. The lowest BCUT2D eigenvalue weighted by atomic mass is 10.1. The third kappa shape index (κ3) is 3.28. The number of H-pyrrole nitrogens is 1. The first-order valence-electron chi connectivity index (χ1n) is 5.90. The lowest BCUT2D eigenvalue weighted by Gasteiger charge is -2.05. The van der Waals surface area contributed by atoms with Crippen molar-refractivity contribution in [1.82, 2.24) is 9.97 Å². The fourth-order valence-corrected chi connectivity index (χ4v) is 1.90. The highest BCUT2D eigenvalue weighted by molar-refractivity contribution is 5.70. The van der Waals surface area contributed by atoms with Crippen molar-refractivity contribution >= 4 is 5.97 Å². The molecular weight excluding hydrogens is 244 g/mol. The molecule has 0 fully saturated rings. The largest absolute Gasteiger partial charge is 0.481 e. The van der Waals surface area contributed by atoms with E-state index in [-0.39, 0.29) is 17.5 Å². The van der Waals surface area contributed by atoms with E-state index in [2.05, 4.69) is 9.97 Å². The van der Waals surface area contributed by atoms with Gasteiger partial charge >= 0.3 is 5.97 Å². The van der Waals surface area contributed by atoms with Crippen LogP contribution in [0.2, 0.25) is 0 Å². The number of carboxylic acids is 1. The molecule has 0 atom stereocenters. The maximum atomic E-state index is 11.8. The number of carboxylic acid groups (broad SMARTS) is 1. The van der Waals surface area contributed by atoms with Crippen LogP contribution in [0.1, 0.15) is 22.6 Å². The van der Waals surface area contributed by atoms with Crippen molar-refractivity contribution in [3.63, 3.8) is 0 Å². The van der Waals surface area contributed by atoms with Gasteiger partial charge in [0.1, 0.15) is 5.82 Å². The average Bonchev–Trinajstić information content (AvgIpc) is 2.35. The van der Waals surface area contributed by atoms with Gasteiger partial charge in [-0.3, -0.25) is 9.59 Å². The number of aromatic amines is 1. The molecule has 0 saturated heterocycles. The Balaban J connectivity index is 2.30. The summed E-state index contributed by atoms with van der Waals surface area (Å²) in [5.74, 6) is -0.492. The molecule has 5 nitrogen and oxygen atoms in total. The monoisotopic (exact) mass is 258 g/mol. The van der Waals surface area contributed by atoms with E-state index in [9.17, 15) is 9.59 Å². The van der Waals surface area contributed by atoms with Crippen molar-refractivity contribution in [2.24, 2.45) is 0 Å². The Bertz CT molecular complexity index is 647. The summed E-state index contributed by atoms with van der Waals surface area (Å²) < 4.78 is 0. The normalized spacial score (nSPS) is 10.4. The van der Waals surface area contributed by atoms with Gasteiger partial charge in [0.15, 0.2) is 0 Å². The van der Waals surface area contributed by atoms with Crippen LogP contribution in [-0.2, 0) is 17.6 Å². The maximum Gasteiger partial charge on any atom is 0.308 e. The molecule has 98 valence electrons. The van der Waals surface area contributed by atoms with Crippen LogP contribution in [0.15, 0.2) is 35.1 Å². The average molecular weight is 258 g/mol. The van der Waals surface area contributed by atoms with Gasteiger partial charge in [0.05, 0.1) is 6.42 Å². The molecule has 1 heterocycles. The molecule has 0 aliphatic carbocycles. The minimum absolute atomic E-state index is 0.212. The molecule has 2 rings (SSSR count).